The third kappa shape index (κ3) is 9.13. The van der Waals surface area contributed by atoms with Gasteiger partial charge < -0.3 is 20.3 Å². The van der Waals surface area contributed by atoms with Crippen LogP contribution in [0.3, 0.4) is 0 Å². The summed E-state index contributed by atoms with van der Waals surface area (Å²) in [6.07, 6.45) is -0.0700. The van der Waals surface area contributed by atoms with Crippen LogP contribution in [0.2, 0.25) is 5.02 Å². The van der Waals surface area contributed by atoms with E-state index in [4.69, 9.17) is 16.3 Å². The molecule has 3 aromatic rings. The summed E-state index contributed by atoms with van der Waals surface area (Å²) in [6.45, 7) is 8.70. The van der Waals surface area contributed by atoms with Crippen molar-refractivity contribution in [1.82, 2.24) is 10.2 Å². The molecule has 1 heterocycles. The zero-order valence-corrected chi connectivity index (χ0v) is 29.3. The van der Waals surface area contributed by atoms with Crippen LogP contribution in [0.25, 0.3) is 0 Å². The Bertz CT molecular complexity index is 1800. The first-order valence-corrected chi connectivity index (χ1v) is 17.7. The Labute approximate surface area is 289 Å². The van der Waals surface area contributed by atoms with Gasteiger partial charge in [0.2, 0.25) is 5.91 Å². The number of benzene rings is 3. The Kier molecular flexibility index (Phi) is 11.7. The summed E-state index contributed by atoms with van der Waals surface area (Å²) in [5, 5.41) is 3.82. The number of amides is 3. The van der Waals surface area contributed by atoms with Crippen LogP contribution in [0.5, 0.6) is 0 Å². The number of anilines is 1. The minimum Gasteiger partial charge on any atom is -0.444 e. The molecule has 2 N–H and O–H groups in total. The number of nitrogens with one attached hydrogen (secondary N) is 2. The molecule has 264 valence electrons. The van der Waals surface area contributed by atoms with E-state index in [1.54, 1.807) is 32.6 Å². The van der Waals surface area contributed by atoms with Crippen molar-refractivity contribution in [2.45, 2.75) is 94.2 Å². The number of piperidine rings is 1. The minimum absolute atomic E-state index is 0.0377. The summed E-state index contributed by atoms with van der Waals surface area (Å²) in [5.41, 5.74) is -0.530. The van der Waals surface area contributed by atoms with Gasteiger partial charge in [0, 0.05) is 41.9 Å². The maximum atomic E-state index is 14.2. The first-order chi connectivity index (χ1) is 22.9. The fourth-order valence-corrected chi connectivity index (χ4v) is 8.37. The second kappa shape index (κ2) is 15.2. The summed E-state index contributed by atoms with van der Waals surface area (Å²) in [4.78, 5) is 41.2. The largest absolute Gasteiger partial charge is 0.444 e. The van der Waals surface area contributed by atoms with Crippen molar-refractivity contribution < 1.29 is 40.7 Å². The number of alkyl carbamates (subject to hydrolysis) is 1. The van der Waals surface area contributed by atoms with Crippen molar-refractivity contribution >= 4 is 45.0 Å². The van der Waals surface area contributed by atoms with Gasteiger partial charge in [0.1, 0.15) is 11.6 Å². The van der Waals surface area contributed by atoms with Gasteiger partial charge in [0.05, 0.1) is 15.2 Å². The molecule has 1 aliphatic rings. The Morgan fingerprint density at radius 2 is 1.63 bits per heavy atom. The minimum atomic E-state index is -4.18. The molecule has 4 atom stereocenters. The molecule has 14 heteroatoms. The molecule has 0 aliphatic carbocycles. The number of rotatable bonds is 9. The van der Waals surface area contributed by atoms with Crippen molar-refractivity contribution in [2.24, 2.45) is 0 Å². The monoisotopic (exact) mass is 721 g/mol. The molecule has 49 heavy (non-hydrogen) atoms. The normalized spacial score (nSPS) is 18.8. The third-order valence-electron chi connectivity index (χ3n) is 8.19. The fraction of sp³-hybridized carbons (Fsp3) is 0.400. The van der Waals surface area contributed by atoms with Crippen molar-refractivity contribution in [3.63, 3.8) is 0 Å². The lowest BCUT2D eigenvalue weighted by molar-refractivity contribution is -0.140. The van der Waals surface area contributed by atoms with E-state index in [2.05, 4.69) is 10.6 Å². The molecule has 4 rings (SSSR count). The number of sulfone groups is 1. The van der Waals surface area contributed by atoms with E-state index in [0.29, 0.717) is 18.6 Å². The van der Waals surface area contributed by atoms with Crippen LogP contribution in [-0.2, 0) is 25.8 Å². The van der Waals surface area contributed by atoms with E-state index >= 15 is 0 Å². The molecule has 1 fully saturated rings. The molecule has 1 saturated heterocycles. The predicted octanol–water partition coefficient (Wildman–Crippen LogP) is 7.08. The topological polar surface area (TPSA) is 122 Å². The second-order valence-corrected chi connectivity index (χ2v) is 15.6. The number of ether oxygens (including phenoxy) is 1. The lowest BCUT2D eigenvalue weighted by Crippen LogP contribution is -2.59. The summed E-state index contributed by atoms with van der Waals surface area (Å²) in [6, 6.07) is 11.8. The van der Waals surface area contributed by atoms with Crippen LogP contribution in [0.15, 0.2) is 65.6 Å². The maximum Gasteiger partial charge on any atom is 0.408 e. The molecule has 0 saturated carbocycles. The molecular weight excluding hydrogens is 683 g/mol. The molecule has 3 amide bonds. The zero-order valence-electron chi connectivity index (χ0n) is 27.7. The van der Waals surface area contributed by atoms with Gasteiger partial charge in [-0.25, -0.2) is 26.4 Å². The van der Waals surface area contributed by atoms with Gasteiger partial charge in [0.15, 0.2) is 27.3 Å². The van der Waals surface area contributed by atoms with E-state index in [1.165, 1.54) is 12.1 Å². The lowest BCUT2D eigenvalue weighted by Gasteiger charge is -2.45. The van der Waals surface area contributed by atoms with Crippen molar-refractivity contribution in [3.05, 3.63) is 94.3 Å². The van der Waals surface area contributed by atoms with E-state index in [9.17, 15) is 36.0 Å². The molecule has 0 spiro atoms. The van der Waals surface area contributed by atoms with Crippen LogP contribution in [0.4, 0.5) is 23.7 Å². The first-order valence-electron chi connectivity index (χ1n) is 15.8. The maximum absolute atomic E-state index is 14.2. The molecule has 3 aromatic carbocycles. The van der Waals surface area contributed by atoms with Gasteiger partial charge in [-0.2, -0.15) is 0 Å². The number of halogens is 4. The zero-order chi connectivity index (χ0) is 36.3. The number of carbonyl (C=O) groups excluding carboxylic acids is 3. The van der Waals surface area contributed by atoms with Crippen LogP contribution >= 0.6 is 11.6 Å². The smallest absolute Gasteiger partial charge is 0.408 e. The molecular formula is C35H39ClF3N3O6S. The van der Waals surface area contributed by atoms with Gasteiger partial charge in [-0.05, 0) is 70.7 Å². The highest BCUT2D eigenvalue weighted by Crippen LogP contribution is 2.36. The molecule has 0 aromatic heterocycles. The Morgan fingerprint density at radius 3 is 2.22 bits per heavy atom. The van der Waals surface area contributed by atoms with E-state index in [1.807, 2.05) is 37.3 Å². The quantitative estimate of drug-likeness (QED) is 0.228. The highest BCUT2D eigenvalue weighted by molar-refractivity contribution is 7.92. The van der Waals surface area contributed by atoms with Crippen LogP contribution < -0.4 is 10.6 Å². The Morgan fingerprint density at radius 1 is 1.00 bits per heavy atom. The Balaban J connectivity index is 1.58. The van der Waals surface area contributed by atoms with Gasteiger partial charge in [-0.3, -0.25) is 9.59 Å². The third-order valence-corrected chi connectivity index (χ3v) is 10.8. The van der Waals surface area contributed by atoms with Gasteiger partial charge in [-0.15, -0.1) is 0 Å². The molecule has 1 unspecified atom stereocenters. The number of likely N-dealkylation sites (tertiary alicyclic amines) is 1. The number of hydrogen-bond acceptors (Lipinski definition) is 6. The van der Waals surface area contributed by atoms with E-state index in [0.717, 1.165) is 11.6 Å². The highest BCUT2D eigenvalue weighted by atomic mass is 35.5. The summed E-state index contributed by atoms with van der Waals surface area (Å²) >= 11 is 6.35. The molecule has 9 nitrogen and oxygen atoms in total. The first kappa shape index (κ1) is 37.7. The molecule has 0 radical (unpaired) electrons. The van der Waals surface area contributed by atoms with Crippen LogP contribution in [-0.4, -0.2) is 60.2 Å². The standard InChI is InChI=1S/C35H39ClF3N3O6S/c1-6-24-19-25(14-20(2)42(24)33(44)29(15-21-10-8-7-9-11-21)41-34(45)48-35(3,4)5)49(46,47)30-16-22(12-13-26(30)36)32(43)40-23-17-27(37)31(39)28(38)18-23/h7-13,16-18,20,24-25,29H,6,14-15,19H2,1-5H3,(H,40,43)(H,41,45)/t20-,24?,25-,29-/m0/s1. The SMILES string of the molecule is CCC1C[C@@H](S(=O)(=O)c2cc(C(=O)Nc3cc(F)c(F)c(F)c3)ccc2Cl)C[C@H](C)N1C(=O)[C@H](Cc1ccccc1)NC(=O)OC(C)(C)C. The number of nitrogens with zero attached hydrogens (tertiary/aromatic N) is 1. The molecule has 1 aliphatic heterocycles. The van der Waals surface area contributed by atoms with E-state index < -0.39 is 68.3 Å². The number of carbonyl (C=O) groups is 3. The fourth-order valence-electron chi connectivity index (χ4n) is 5.93. The summed E-state index contributed by atoms with van der Waals surface area (Å²) < 4.78 is 74.3. The summed E-state index contributed by atoms with van der Waals surface area (Å²) in [5.74, 6) is -6.00. The van der Waals surface area contributed by atoms with Gasteiger partial charge in [-0.1, -0.05) is 48.9 Å². The number of hydrogen-bond donors (Lipinski definition) is 2. The summed E-state index contributed by atoms with van der Waals surface area (Å²) in [7, 11) is -4.18. The second-order valence-electron chi connectivity index (χ2n) is 13.0. The highest BCUT2D eigenvalue weighted by Gasteiger charge is 2.44. The van der Waals surface area contributed by atoms with Crippen molar-refractivity contribution in [1.29, 1.82) is 0 Å². The average molecular weight is 722 g/mol. The van der Waals surface area contributed by atoms with Crippen molar-refractivity contribution in [2.75, 3.05) is 5.32 Å². The lowest BCUT2D eigenvalue weighted by atomic mass is 9.92. The Hall–Kier alpha value is -4.10. The van der Waals surface area contributed by atoms with Gasteiger partial charge >= 0.3 is 6.09 Å². The van der Waals surface area contributed by atoms with Crippen LogP contribution in [0, 0.1) is 17.5 Å². The average Bonchev–Trinajstić information content (AvgIpc) is 3.02. The van der Waals surface area contributed by atoms with Crippen LogP contribution in [0.1, 0.15) is 69.8 Å². The van der Waals surface area contributed by atoms with Gasteiger partial charge in [0.25, 0.3) is 5.91 Å². The molecule has 0 bridgehead atoms. The van der Waals surface area contributed by atoms with E-state index in [-0.39, 0.29) is 46.3 Å². The predicted molar refractivity (Wildman–Crippen MR) is 180 cm³/mol. The van der Waals surface area contributed by atoms with Crippen molar-refractivity contribution in [3.8, 4) is 0 Å².